The molecule has 1 heterocycles. The molecule has 0 aliphatic heterocycles. The molecule has 0 saturated heterocycles. The maximum absolute atomic E-state index is 5.88. The van der Waals surface area contributed by atoms with E-state index in [0.717, 1.165) is 27.3 Å². The zero-order valence-corrected chi connectivity index (χ0v) is 11.6. The van der Waals surface area contributed by atoms with Crippen LogP contribution in [0.5, 0.6) is 5.75 Å². The minimum absolute atomic E-state index is 0.340. The molecule has 0 bridgehead atoms. The van der Waals surface area contributed by atoms with Gasteiger partial charge in [-0.25, -0.2) is 0 Å². The molecule has 0 atom stereocenters. The van der Waals surface area contributed by atoms with Crippen LogP contribution in [0.15, 0.2) is 22.7 Å². The molecule has 0 aliphatic carbocycles. The van der Waals surface area contributed by atoms with E-state index in [4.69, 9.17) is 16.3 Å². The van der Waals surface area contributed by atoms with Gasteiger partial charge in [0.25, 0.3) is 0 Å². The van der Waals surface area contributed by atoms with Crippen molar-refractivity contribution >= 4 is 39.1 Å². The lowest BCUT2D eigenvalue weighted by Crippen LogP contribution is -1.98. The van der Waals surface area contributed by atoms with E-state index in [2.05, 4.69) is 25.5 Å². The highest BCUT2D eigenvalue weighted by Gasteiger charge is 2.07. The molecule has 2 aromatic rings. The van der Waals surface area contributed by atoms with E-state index in [1.807, 2.05) is 25.1 Å². The molecular weight excluding hydrogens is 312 g/mol. The molecule has 0 aliphatic rings. The molecule has 16 heavy (non-hydrogen) atoms. The van der Waals surface area contributed by atoms with Gasteiger partial charge in [0.2, 0.25) is 0 Å². The largest absolute Gasteiger partial charge is 0.487 e. The van der Waals surface area contributed by atoms with E-state index >= 15 is 0 Å². The molecule has 0 radical (unpaired) electrons. The van der Waals surface area contributed by atoms with Gasteiger partial charge in [-0.3, -0.25) is 0 Å². The van der Waals surface area contributed by atoms with E-state index in [1.54, 1.807) is 0 Å². The predicted octanol–water partition coefficient (Wildman–Crippen LogP) is 3.84. The SMILES string of the molecule is Cc1ccc(Br)cc1OCc1nnsc1Cl. The number of nitrogens with zero attached hydrogens (tertiary/aromatic N) is 2. The Morgan fingerprint density at radius 2 is 2.31 bits per heavy atom. The van der Waals surface area contributed by atoms with Gasteiger partial charge >= 0.3 is 0 Å². The number of aromatic nitrogens is 2. The van der Waals surface area contributed by atoms with Crippen molar-refractivity contribution < 1.29 is 4.74 Å². The Bertz CT molecular complexity index is 503. The lowest BCUT2D eigenvalue weighted by molar-refractivity contribution is 0.299. The van der Waals surface area contributed by atoms with Gasteiger partial charge in [0.15, 0.2) is 0 Å². The summed E-state index contributed by atoms with van der Waals surface area (Å²) in [6.07, 6.45) is 0. The highest BCUT2D eigenvalue weighted by molar-refractivity contribution is 9.10. The molecule has 0 spiro atoms. The quantitative estimate of drug-likeness (QED) is 0.862. The molecule has 0 fully saturated rings. The number of hydrogen-bond donors (Lipinski definition) is 0. The third kappa shape index (κ3) is 2.72. The van der Waals surface area contributed by atoms with Gasteiger partial charge in [0.1, 0.15) is 22.4 Å². The first-order valence-electron chi connectivity index (χ1n) is 4.52. The van der Waals surface area contributed by atoms with Crippen LogP contribution in [0.4, 0.5) is 0 Å². The summed E-state index contributed by atoms with van der Waals surface area (Å²) in [6, 6.07) is 5.88. The van der Waals surface area contributed by atoms with Crippen LogP contribution in [0, 0.1) is 6.92 Å². The first-order valence-corrected chi connectivity index (χ1v) is 6.47. The van der Waals surface area contributed by atoms with Crippen LogP contribution in [0.1, 0.15) is 11.3 Å². The molecule has 2 rings (SSSR count). The van der Waals surface area contributed by atoms with Crippen molar-refractivity contribution in [1.29, 1.82) is 0 Å². The summed E-state index contributed by atoms with van der Waals surface area (Å²) in [7, 11) is 0. The van der Waals surface area contributed by atoms with Gasteiger partial charge in [-0.1, -0.05) is 38.1 Å². The second-order valence-electron chi connectivity index (χ2n) is 3.19. The molecule has 1 aromatic carbocycles. The summed E-state index contributed by atoms with van der Waals surface area (Å²) in [5.41, 5.74) is 1.74. The Hall–Kier alpha value is -0.650. The molecule has 84 valence electrons. The maximum atomic E-state index is 5.88. The molecule has 0 amide bonds. The van der Waals surface area contributed by atoms with Crippen molar-refractivity contribution in [2.24, 2.45) is 0 Å². The fourth-order valence-electron chi connectivity index (χ4n) is 1.16. The van der Waals surface area contributed by atoms with Crippen molar-refractivity contribution in [2.45, 2.75) is 13.5 Å². The Labute approximate surface area is 111 Å². The lowest BCUT2D eigenvalue weighted by atomic mass is 10.2. The topological polar surface area (TPSA) is 35.0 Å². The number of aryl methyl sites for hydroxylation is 1. The van der Waals surface area contributed by atoms with Crippen LogP contribution in [-0.2, 0) is 6.61 Å². The fraction of sp³-hybridized carbons (Fsp3) is 0.200. The van der Waals surface area contributed by atoms with Crippen molar-refractivity contribution in [1.82, 2.24) is 9.59 Å². The molecule has 1 aromatic heterocycles. The second kappa shape index (κ2) is 5.12. The summed E-state index contributed by atoms with van der Waals surface area (Å²) in [6.45, 7) is 2.33. The predicted molar refractivity (Wildman–Crippen MR) is 68.1 cm³/mol. The van der Waals surface area contributed by atoms with E-state index in [0.29, 0.717) is 16.6 Å². The van der Waals surface area contributed by atoms with E-state index in [9.17, 15) is 0 Å². The zero-order valence-electron chi connectivity index (χ0n) is 8.41. The third-order valence-electron chi connectivity index (χ3n) is 2.02. The van der Waals surface area contributed by atoms with Crippen LogP contribution in [0.2, 0.25) is 4.34 Å². The number of halogens is 2. The van der Waals surface area contributed by atoms with Crippen molar-refractivity contribution in [2.75, 3.05) is 0 Å². The molecule has 6 heteroatoms. The molecule has 3 nitrogen and oxygen atoms in total. The average molecular weight is 320 g/mol. The van der Waals surface area contributed by atoms with Crippen LogP contribution < -0.4 is 4.74 Å². The monoisotopic (exact) mass is 318 g/mol. The normalized spacial score (nSPS) is 10.4. The Morgan fingerprint density at radius 1 is 1.50 bits per heavy atom. The first kappa shape index (κ1) is 11.8. The Morgan fingerprint density at radius 3 is 3.00 bits per heavy atom. The summed E-state index contributed by atoms with van der Waals surface area (Å²) in [5, 5.41) is 3.88. The van der Waals surface area contributed by atoms with Gasteiger partial charge in [-0.05, 0) is 24.6 Å². The minimum atomic E-state index is 0.340. The van der Waals surface area contributed by atoms with E-state index in [-0.39, 0.29) is 0 Å². The Balaban J connectivity index is 2.10. The summed E-state index contributed by atoms with van der Waals surface area (Å²) < 4.78 is 10.9. The van der Waals surface area contributed by atoms with Gasteiger partial charge in [-0.2, -0.15) is 0 Å². The maximum Gasteiger partial charge on any atom is 0.141 e. The summed E-state index contributed by atoms with van der Waals surface area (Å²) >= 11 is 10.4. The van der Waals surface area contributed by atoms with Crippen molar-refractivity contribution in [3.63, 3.8) is 0 Å². The van der Waals surface area contributed by atoms with Gasteiger partial charge in [0.05, 0.1) is 0 Å². The lowest BCUT2D eigenvalue weighted by Gasteiger charge is -2.07. The number of hydrogen-bond acceptors (Lipinski definition) is 4. The molecule has 0 unspecified atom stereocenters. The van der Waals surface area contributed by atoms with Crippen LogP contribution in [0.25, 0.3) is 0 Å². The van der Waals surface area contributed by atoms with Crippen LogP contribution in [-0.4, -0.2) is 9.59 Å². The fourth-order valence-corrected chi connectivity index (χ4v) is 2.10. The third-order valence-corrected chi connectivity index (χ3v) is 3.50. The number of benzene rings is 1. The van der Waals surface area contributed by atoms with E-state index in [1.165, 1.54) is 0 Å². The molecule has 0 N–H and O–H groups in total. The summed E-state index contributed by atoms with van der Waals surface area (Å²) in [5.74, 6) is 0.818. The second-order valence-corrected chi connectivity index (χ2v) is 5.46. The van der Waals surface area contributed by atoms with Crippen molar-refractivity contribution in [3.05, 3.63) is 38.3 Å². The molecule has 0 saturated carbocycles. The minimum Gasteiger partial charge on any atom is -0.487 e. The molecular formula is C10H8BrClN2OS. The standard InChI is InChI=1S/C10H8BrClN2OS/c1-6-2-3-7(11)4-9(6)15-5-8-10(12)16-14-13-8/h2-4H,5H2,1H3. The highest BCUT2D eigenvalue weighted by atomic mass is 79.9. The zero-order chi connectivity index (χ0) is 11.5. The summed E-state index contributed by atoms with van der Waals surface area (Å²) in [4.78, 5) is 0. The first-order chi connectivity index (χ1) is 7.66. The van der Waals surface area contributed by atoms with Gasteiger partial charge in [0, 0.05) is 16.0 Å². The van der Waals surface area contributed by atoms with Crippen LogP contribution >= 0.6 is 39.1 Å². The Kier molecular flexibility index (Phi) is 3.78. The smallest absolute Gasteiger partial charge is 0.141 e. The van der Waals surface area contributed by atoms with Crippen LogP contribution in [0.3, 0.4) is 0 Å². The average Bonchev–Trinajstić information content (AvgIpc) is 2.66. The van der Waals surface area contributed by atoms with Crippen molar-refractivity contribution in [3.8, 4) is 5.75 Å². The number of ether oxygens (including phenoxy) is 1. The van der Waals surface area contributed by atoms with Gasteiger partial charge < -0.3 is 4.74 Å². The van der Waals surface area contributed by atoms with Gasteiger partial charge in [-0.15, -0.1) is 5.10 Å². The number of rotatable bonds is 3. The highest BCUT2D eigenvalue weighted by Crippen LogP contribution is 2.25. The van der Waals surface area contributed by atoms with E-state index < -0.39 is 0 Å².